The van der Waals surface area contributed by atoms with E-state index in [0.717, 1.165) is 0 Å². The first kappa shape index (κ1) is 32.9. The van der Waals surface area contributed by atoms with Crippen LogP contribution in [0.4, 0.5) is 9.59 Å². The average molecular weight is 551 g/mol. The maximum absolute atomic E-state index is 11.7. The molecule has 13 nitrogen and oxygen atoms in total. The molecule has 0 rings (SSSR count). The zero-order chi connectivity index (χ0) is 26.3. The minimum Gasteiger partial charge on any atom is -0.461 e. The maximum Gasteiger partial charge on any atom is 0.509 e. The van der Waals surface area contributed by atoms with Crippen LogP contribution in [0.15, 0.2) is 0 Å². The van der Waals surface area contributed by atoms with Gasteiger partial charge >= 0.3 is 24.2 Å². The molecular formula is C20H32Cl2O13. The third-order valence-electron chi connectivity index (χ3n) is 3.49. The number of ether oxygens (including phenoxy) is 9. The molecule has 0 bridgehead atoms. The third-order valence-corrected chi connectivity index (χ3v) is 3.80. The zero-order valence-corrected chi connectivity index (χ0v) is 21.2. The second-order valence-electron chi connectivity index (χ2n) is 6.27. The quantitative estimate of drug-likeness (QED) is 0.0935. The number of alkyl halides is 2. The van der Waals surface area contributed by atoms with Gasteiger partial charge in [-0.1, -0.05) is 0 Å². The van der Waals surface area contributed by atoms with E-state index < -0.39 is 36.5 Å². The van der Waals surface area contributed by atoms with Crippen LogP contribution in [-0.2, 0) is 52.2 Å². The van der Waals surface area contributed by atoms with Gasteiger partial charge in [0.05, 0.1) is 39.6 Å². The number of carbonyl (C=O) groups excluding carboxylic acids is 4. The number of esters is 2. The molecule has 0 saturated carbocycles. The van der Waals surface area contributed by atoms with Gasteiger partial charge in [0.2, 0.25) is 0 Å². The van der Waals surface area contributed by atoms with Crippen LogP contribution in [0.3, 0.4) is 0 Å². The van der Waals surface area contributed by atoms with Gasteiger partial charge in [0.1, 0.15) is 26.4 Å². The molecule has 35 heavy (non-hydrogen) atoms. The SMILES string of the molecule is C[C@@H](OC(=O)OCCOCCOC(=O)O[C@H](C)C(=O)OCCOCCCl)C(=O)OCCOCCCl. The Bertz CT molecular complexity index is 556. The first-order valence-electron chi connectivity index (χ1n) is 10.7. The normalized spacial score (nSPS) is 12.2. The van der Waals surface area contributed by atoms with E-state index in [4.69, 9.17) is 65.8 Å². The smallest absolute Gasteiger partial charge is 0.461 e. The van der Waals surface area contributed by atoms with Crippen LogP contribution >= 0.6 is 23.2 Å². The number of carbonyl (C=O) groups is 4. The Morgan fingerprint density at radius 1 is 0.514 bits per heavy atom. The van der Waals surface area contributed by atoms with Crippen LogP contribution in [0.2, 0.25) is 0 Å². The molecule has 0 aromatic rings. The fourth-order valence-electron chi connectivity index (χ4n) is 1.87. The molecule has 0 aromatic heterocycles. The predicted molar refractivity (Wildman–Crippen MR) is 120 cm³/mol. The van der Waals surface area contributed by atoms with Crippen LogP contribution in [0.1, 0.15) is 13.8 Å². The second kappa shape index (κ2) is 22.4. The van der Waals surface area contributed by atoms with Crippen molar-refractivity contribution in [2.45, 2.75) is 26.1 Å². The molecule has 2 atom stereocenters. The monoisotopic (exact) mass is 550 g/mol. The Kier molecular flexibility index (Phi) is 21.1. The fraction of sp³-hybridized carbons (Fsp3) is 0.800. The summed E-state index contributed by atoms with van der Waals surface area (Å²) in [6, 6.07) is 0. The topological polar surface area (TPSA) is 151 Å². The van der Waals surface area contributed by atoms with E-state index >= 15 is 0 Å². The van der Waals surface area contributed by atoms with Crippen LogP contribution < -0.4 is 0 Å². The summed E-state index contributed by atoms with van der Waals surface area (Å²) in [4.78, 5) is 46.4. The standard InChI is InChI=1S/C20H32Cl2O13/c1-15(17(23)30-11-7-27-5-3-21)34-19(25)32-13-9-29-10-14-33-20(26)35-16(2)18(24)31-12-8-28-6-4-22/h15-16H,3-14H2,1-2H3/t15-,16-/m1/s1. The lowest BCUT2D eigenvalue weighted by atomic mass is 10.4. The molecule has 0 aromatic carbocycles. The van der Waals surface area contributed by atoms with Gasteiger partial charge in [0.25, 0.3) is 0 Å². The molecule has 204 valence electrons. The number of hydrogen-bond acceptors (Lipinski definition) is 13. The molecule has 0 fully saturated rings. The molecule has 0 saturated heterocycles. The van der Waals surface area contributed by atoms with Gasteiger partial charge in [-0.2, -0.15) is 0 Å². The molecule has 0 spiro atoms. The average Bonchev–Trinajstić information content (AvgIpc) is 2.82. The Hall–Kier alpha value is -2.06. The highest BCUT2D eigenvalue weighted by Gasteiger charge is 2.21. The molecule has 0 aliphatic carbocycles. The lowest BCUT2D eigenvalue weighted by Gasteiger charge is -2.13. The van der Waals surface area contributed by atoms with Crippen molar-refractivity contribution in [1.82, 2.24) is 0 Å². The number of hydrogen-bond donors (Lipinski definition) is 0. The summed E-state index contributed by atoms with van der Waals surface area (Å²) in [5, 5.41) is 0. The van der Waals surface area contributed by atoms with Crippen molar-refractivity contribution in [2.75, 3.05) is 77.8 Å². The zero-order valence-electron chi connectivity index (χ0n) is 19.7. The molecule has 0 aliphatic rings. The van der Waals surface area contributed by atoms with Crippen LogP contribution in [0, 0.1) is 0 Å². The summed E-state index contributed by atoms with van der Waals surface area (Å²) < 4.78 is 43.9. The van der Waals surface area contributed by atoms with E-state index in [1.807, 2.05) is 0 Å². The predicted octanol–water partition coefficient (Wildman–Crippen LogP) is 1.68. The van der Waals surface area contributed by atoms with E-state index in [1.165, 1.54) is 13.8 Å². The van der Waals surface area contributed by atoms with Gasteiger partial charge in [0.15, 0.2) is 12.2 Å². The molecule has 0 amide bonds. The summed E-state index contributed by atoms with van der Waals surface area (Å²) in [6.07, 6.45) is -4.50. The van der Waals surface area contributed by atoms with E-state index in [2.05, 4.69) is 0 Å². The van der Waals surface area contributed by atoms with E-state index in [9.17, 15) is 19.2 Å². The Morgan fingerprint density at radius 3 is 1.17 bits per heavy atom. The second-order valence-corrected chi connectivity index (χ2v) is 7.02. The van der Waals surface area contributed by atoms with Crippen molar-refractivity contribution >= 4 is 47.5 Å². The molecule has 15 heteroatoms. The molecular weight excluding hydrogens is 519 g/mol. The summed E-state index contributed by atoms with van der Waals surface area (Å²) in [5.74, 6) is -0.855. The van der Waals surface area contributed by atoms with Gasteiger partial charge in [0, 0.05) is 11.8 Å². The van der Waals surface area contributed by atoms with Crippen molar-refractivity contribution in [1.29, 1.82) is 0 Å². The lowest BCUT2D eigenvalue weighted by Crippen LogP contribution is -2.28. The van der Waals surface area contributed by atoms with Crippen molar-refractivity contribution in [2.24, 2.45) is 0 Å². The van der Waals surface area contributed by atoms with Crippen molar-refractivity contribution in [3.8, 4) is 0 Å². The molecule has 0 N–H and O–H groups in total. The largest absolute Gasteiger partial charge is 0.509 e. The minimum atomic E-state index is -1.17. The summed E-state index contributed by atoms with van der Waals surface area (Å²) in [5.41, 5.74) is 0. The first-order valence-corrected chi connectivity index (χ1v) is 11.7. The highest BCUT2D eigenvalue weighted by atomic mass is 35.5. The molecule has 0 unspecified atom stereocenters. The number of halogens is 2. The van der Waals surface area contributed by atoms with E-state index in [0.29, 0.717) is 25.0 Å². The van der Waals surface area contributed by atoms with E-state index in [1.54, 1.807) is 0 Å². The minimum absolute atomic E-state index is 0.00419. The van der Waals surface area contributed by atoms with Crippen LogP contribution in [0.5, 0.6) is 0 Å². The summed E-state index contributed by atoms with van der Waals surface area (Å²) in [6.45, 7) is 3.25. The van der Waals surface area contributed by atoms with Crippen LogP contribution in [-0.4, -0.2) is 114 Å². The van der Waals surface area contributed by atoms with Crippen molar-refractivity contribution in [3.63, 3.8) is 0 Å². The third kappa shape index (κ3) is 19.9. The number of rotatable bonds is 20. The Labute approximate surface area is 213 Å². The summed E-state index contributed by atoms with van der Waals surface area (Å²) >= 11 is 10.9. The van der Waals surface area contributed by atoms with Crippen molar-refractivity contribution in [3.05, 3.63) is 0 Å². The van der Waals surface area contributed by atoms with Gasteiger partial charge in [-0.05, 0) is 13.8 Å². The molecule has 0 heterocycles. The Morgan fingerprint density at radius 2 is 0.829 bits per heavy atom. The Balaban J connectivity index is 3.73. The highest BCUT2D eigenvalue weighted by Crippen LogP contribution is 2.00. The summed E-state index contributed by atoms with van der Waals surface area (Å²) in [7, 11) is 0. The first-order chi connectivity index (χ1) is 16.8. The lowest BCUT2D eigenvalue weighted by molar-refractivity contribution is -0.155. The highest BCUT2D eigenvalue weighted by molar-refractivity contribution is 6.18. The molecule has 0 aliphatic heterocycles. The molecule has 0 radical (unpaired) electrons. The van der Waals surface area contributed by atoms with Crippen LogP contribution in [0.25, 0.3) is 0 Å². The van der Waals surface area contributed by atoms with E-state index in [-0.39, 0.29) is 52.9 Å². The van der Waals surface area contributed by atoms with Gasteiger partial charge < -0.3 is 42.6 Å². The fourth-order valence-corrected chi connectivity index (χ4v) is 2.09. The van der Waals surface area contributed by atoms with Gasteiger partial charge in [-0.3, -0.25) is 0 Å². The maximum atomic E-state index is 11.7. The van der Waals surface area contributed by atoms with Gasteiger partial charge in [-0.25, -0.2) is 19.2 Å². The van der Waals surface area contributed by atoms with Crippen molar-refractivity contribution < 1.29 is 61.8 Å². The van der Waals surface area contributed by atoms with Gasteiger partial charge in [-0.15, -0.1) is 23.2 Å².